The molecule has 112 valence electrons. The number of benzene rings is 1. The highest BCUT2D eigenvalue weighted by Gasteiger charge is 2.19. The third kappa shape index (κ3) is 2.95. The molecule has 0 amide bonds. The molecule has 0 fully saturated rings. The molecule has 0 spiro atoms. The van der Waals surface area contributed by atoms with Gasteiger partial charge in [-0.15, -0.1) is 11.3 Å². The van der Waals surface area contributed by atoms with Crippen LogP contribution < -0.4 is 0 Å². The van der Waals surface area contributed by atoms with Gasteiger partial charge in [-0.05, 0) is 24.6 Å². The monoisotopic (exact) mass is 350 g/mol. The zero-order valence-electron chi connectivity index (χ0n) is 11.5. The van der Waals surface area contributed by atoms with E-state index < -0.39 is 11.2 Å². The lowest BCUT2D eigenvalue weighted by atomic mass is 10.1. The van der Waals surface area contributed by atoms with Gasteiger partial charge in [-0.25, -0.2) is 9.97 Å². The van der Waals surface area contributed by atoms with Crippen LogP contribution in [0.5, 0.6) is 0 Å². The van der Waals surface area contributed by atoms with Crippen LogP contribution in [0, 0.1) is 0 Å². The molecule has 0 aliphatic heterocycles. The van der Waals surface area contributed by atoms with Gasteiger partial charge < -0.3 is 5.11 Å². The minimum absolute atomic E-state index is 0.573. The summed E-state index contributed by atoms with van der Waals surface area (Å²) in [5.41, 5.74) is 2.01. The van der Waals surface area contributed by atoms with Gasteiger partial charge in [0, 0.05) is 16.0 Å². The predicted octanol–water partition coefficient (Wildman–Crippen LogP) is 4.58. The maximum Gasteiger partial charge on any atom is 0.316 e. The van der Waals surface area contributed by atoms with E-state index in [0.717, 1.165) is 21.3 Å². The summed E-state index contributed by atoms with van der Waals surface area (Å²) >= 11 is 8.68. The van der Waals surface area contributed by atoms with E-state index in [4.69, 9.17) is 16.7 Å². The number of fused-ring (bicyclic) bond motifs is 1. The first-order valence-corrected chi connectivity index (χ1v) is 8.57. The summed E-state index contributed by atoms with van der Waals surface area (Å²) in [5.74, 6) is -0.861. The fourth-order valence-corrected chi connectivity index (χ4v) is 3.97. The summed E-state index contributed by atoms with van der Waals surface area (Å²) in [4.78, 5) is 20.5. The Bertz CT molecular complexity index is 833. The molecule has 0 unspecified atom stereocenters. The molecule has 0 aliphatic carbocycles. The van der Waals surface area contributed by atoms with Gasteiger partial charge in [-0.3, -0.25) is 4.79 Å². The van der Waals surface area contributed by atoms with Crippen molar-refractivity contribution in [2.24, 2.45) is 0 Å². The number of aromatic nitrogens is 2. The molecule has 3 rings (SSSR count). The fraction of sp³-hybridized carbons (Fsp3) is 0.133. The molecule has 1 atom stereocenters. The zero-order valence-corrected chi connectivity index (χ0v) is 13.9. The molecule has 22 heavy (non-hydrogen) atoms. The third-order valence-electron chi connectivity index (χ3n) is 3.13. The number of thioether (sulfide) groups is 1. The molecular weight excluding hydrogens is 340 g/mol. The molecule has 0 aliphatic rings. The van der Waals surface area contributed by atoms with Crippen molar-refractivity contribution in [3.05, 3.63) is 41.0 Å². The highest BCUT2D eigenvalue weighted by atomic mass is 35.5. The second kappa shape index (κ2) is 6.24. The van der Waals surface area contributed by atoms with Crippen LogP contribution in [-0.2, 0) is 4.79 Å². The van der Waals surface area contributed by atoms with Crippen LogP contribution in [0.3, 0.4) is 0 Å². The van der Waals surface area contributed by atoms with E-state index in [2.05, 4.69) is 9.97 Å². The van der Waals surface area contributed by atoms with Crippen molar-refractivity contribution in [1.82, 2.24) is 9.97 Å². The minimum Gasteiger partial charge on any atom is -0.480 e. The Morgan fingerprint density at radius 1 is 1.32 bits per heavy atom. The Morgan fingerprint density at radius 3 is 2.73 bits per heavy atom. The van der Waals surface area contributed by atoms with Crippen LogP contribution in [-0.4, -0.2) is 26.3 Å². The van der Waals surface area contributed by atoms with Gasteiger partial charge in [0.15, 0.2) is 0 Å². The minimum atomic E-state index is -0.861. The standard InChI is InChI=1S/C15H11ClN2O2S2/c1-8(15(19)20)22-14-12-11(6-21-13(12)17-7-18-14)9-2-4-10(16)5-3-9/h2-8H,1H3,(H,19,20)/t8-/m0/s1. The van der Waals surface area contributed by atoms with Gasteiger partial charge in [0.05, 0.1) is 5.39 Å². The maximum absolute atomic E-state index is 11.1. The Morgan fingerprint density at radius 2 is 2.05 bits per heavy atom. The van der Waals surface area contributed by atoms with Gasteiger partial charge >= 0.3 is 5.97 Å². The molecule has 1 N–H and O–H groups in total. The van der Waals surface area contributed by atoms with Crippen molar-refractivity contribution in [2.75, 3.05) is 0 Å². The number of carboxylic acid groups (broad SMARTS) is 1. The second-order valence-electron chi connectivity index (χ2n) is 4.61. The molecule has 3 aromatic rings. The average molecular weight is 351 g/mol. The van der Waals surface area contributed by atoms with E-state index in [9.17, 15) is 4.79 Å². The molecule has 7 heteroatoms. The van der Waals surface area contributed by atoms with Crippen molar-refractivity contribution in [3.63, 3.8) is 0 Å². The molecule has 2 heterocycles. The van der Waals surface area contributed by atoms with Gasteiger partial charge in [0.2, 0.25) is 0 Å². The van der Waals surface area contributed by atoms with Gasteiger partial charge in [0.25, 0.3) is 0 Å². The number of aliphatic carboxylic acids is 1. The normalized spacial score (nSPS) is 12.5. The fourth-order valence-electron chi connectivity index (χ4n) is 2.00. The van der Waals surface area contributed by atoms with E-state index in [1.165, 1.54) is 29.4 Å². The summed E-state index contributed by atoms with van der Waals surface area (Å²) in [5, 5.41) is 12.8. The number of carbonyl (C=O) groups is 1. The van der Waals surface area contributed by atoms with E-state index in [0.29, 0.717) is 10.0 Å². The SMILES string of the molecule is C[C@H](Sc1ncnc2scc(-c3ccc(Cl)cc3)c12)C(=O)O. The quantitative estimate of drug-likeness (QED) is 0.551. The van der Waals surface area contributed by atoms with Crippen molar-refractivity contribution in [2.45, 2.75) is 17.2 Å². The van der Waals surface area contributed by atoms with E-state index >= 15 is 0 Å². The summed E-state index contributed by atoms with van der Waals surface area (Å²) in [6.07, 6.45) is 1.47. The number of nitrogens with zero attached hydrogens (tertiary/aromatic N) is 2. The first-order valence-electron chi connectivity index (χ1n) is 6.44. The summed E-state index contributed by atoms with van der Waals surface area (Å²) in [6, 6.07) is 7.53. The molecule has 2 aromatic heterocycles. The van der Waals surface area contributed by atoms with Crippen LogP contribution in [0.15, 0.2) is 41.0 Å². The van der Waals surface area contributed by atoms with Crippen LogP contribution in [0.4, 0.5) is 0 Å². The smallest absolute Gasteiger partial charge is 0.316 e. The number of hydrogen-bond acceptors (Lipinski definition) is 5. The van der Waals surface area contributed by atoms with Gasteiger partial charge in [-0.1, -0.05) is 35.5 Å². The van der Waals surface area contributed by atoms with Crippen molar-refractivity contribution < 1.29 is 9.90 Å². The van der Waals surface area contributed by atoms with Crippen molar-refractivity contribution in [1.29, 1.82) is 0 Å². The lowest BCUT2D eigenvalue weighted by Crippen LogP contribution is -2.11. The molecule has 4 nitrogen and oxygen atoms in total. The highest BCUT2D eigenvalue weighted by Crippen LogP contribution is 2.39. The van der Waals surface area contributed by atoms with Crippen LogP contribution in [0.1, 0.15) is 6.92 Å². The summed E-state index contributed by atoms with van der Waals surface area (Å²) < 4.78 is 0. The first kappa shape index (κ1) is 15.3. The Kier molecular flexibility index (Phi) is 4.33. The number of halogens is 1. The molecule has 0 radical (unpaired) electrons. The van der Waals surface area contributed by atoms with E-state index in [1.54, 1.807) is 6.92 Å². The van der Waals surface area contributed by atoms with Crippen LogP contribution in [0.25, 0.3) is 21.3 Å². The average Bonchev–Trinajstić information content (AvgIpc) is 2.93. The van der Waals surface area contributed by atoms with E-state index in [1.807, 2.05) is 29.6 Å². The first-order chi connectivity index (χ1) is 10.6. The Balaban J connectivity index is 2.12. The van der Waals surface area contributed by atoms with Crippen molar-refractivity contribution in [3.8, 4) is 11.1 Å². The largest absolute Gasteiger partial charge is 0.480 e. The van der Waals surface area contributed by atoms with E-state index in [-0.39, 0.29) is 0 Å². The number of carboxylic acids is 1. The highest BCUT2D eigenvalue weighted by molar-refractivity contribution is 8.00. The summed E-state index contributed by atoms with van der Waals surface area (Å²) in [7, 11) is 0. The van der Waals surface area contributed by atoms with Crippen LogP contribution in [0.2, 0.25) is 5.02 Å². The Labute approximate surface area is 140 Å². The van der Waals surface area contributed by atoms with Crippen LogP contribution >= 0.6 is 34.7 Å². The van der Waals surface area contributed by atoms with Gasteiger partial charge in [0.1, 0.15) is 21.4 Å². The lowest BCUT2D eigenvalue weighted by molar-refractivity contribution is -0.136. The lowest BCUT2D eigenvalue weighted by Gasteiger charge is -2.08. The summed E-state index contributed by atoms with van der Waals surface area (Å²) in [6.45, 7) is 1.65. The maximum atomic E-state index is 11.1. The Hall–Kier alpha value is -1.63. The second-order valence-corrected chi connectivity index (χ2v) is 7.24. The third-order valence-corrected chi connectivity index (χ3v) is 5.35. The van der Waals surface area contributed by atoms with Crippen molar-refractivity contribution >= 4 is 50.9 Å². The predicted molar refractivity (Wildman–Crippen MR) is 90.8 cm³/mol. The number of hydrogen-bond donors (Lipinski definition) is 1. The zero-order chi connectivity index (χ0) is 15.7. The number of rotatable bonds is 4. The van der Waals surface area contributed by atoms with Gasteiger partial charge in [-0.2, -0.15) is 0 Å². The molecule has 0 saturated heterocycles. The molecule has 0 bridgehead atoms. The molecule has 0 saturated carbocycles. The molecule has 1 aromatic carbocycles. The number of thiophene rings is 1. The topological polar surface area (TPSA) is 63.1 Å². The molecular formula is C15H11ClN2O2S2.